The molecule has 0 radical (unpaired) electrons. The van der Waals surface area contributed by atoms with Crippen LogP contribution < -0.4 is 5.56 Å². The third kappa shape index (κ3) is 3.01. The molecule has 2 aliphatic heterocycles. The van der Waals surface area contributed by atoms with Crippen molar-refractivity contribution < 1.29 is 19.7 Å². The number of pyridine rings is 2. The summed E-state index contributed by atoms with van der Waals surface area (Å²) in [6, 6.07) is 5.38. The number of aliphatic hydroxyl groups is 1. The number of ether oxygens (including phenoxy) is 1. The van der Waals surface area contributed by atoms with Crippen molar-refractivity contribution in [1.82, 2.24) is 14.5 Å². The zero-order valence-electron chi connectivity index (χ0n) is 19.2. The zero-order valence-corrected chi connectivity index (χ0v) is 19.2. The summed E-state index contributed by atoms with van der Waals surface area (Å²) < 4.78 is 6.79. The average Bonchev–Trinajstić information content (AvgIpc) is 3.14. The van der Waals surface area contributed by atoms with Gasteiger partial charge in [0.1, 0.15) is 12.4 Å². The number of carbonyl (C=O) groups excluding carboxylic acids is 1. The molecule has 0 saturated heterocycles. The fraction of sp³-hybridized carbons (Fsp3) is 0.400. The summed E-state index contributed by atoms with van der Waals surface area (Å²) in [5.74, 6) is -0.510. The largest absolute Gasteiger partial charge is 0.508 e. The molecule has 0 saturated carbocycles. The first kappa shape index (κ1) is 21.6. The van der Waals surface area contributed by atoms with Crippen LogP contribution in [-0.4, -0.2) is 44.7 Å². The van der Waals surface area contributed by atoms with E-state index in [0.29, 0.717) is 42.0 Å². The van der Waals surface area contributed by atoms with Crippen LogP contribution in [0.3, 0.4) is 0 Å². The lowest BCUT2D eigenvalue weighted by Gasteiger charge is -2.31. The maximum absolute atomic E-state index is 13.4. The van der Waals surface area contributed by atoms with Crippen molar-refractivity contribution in [3.05, 3.63) is 56.4 Å². The fourth-order valence-corrected chi connectivity index (χ4v) is 5.11. The van der Waals surface area contributed by atoms with E-state index in [2.05, 4.69) is 0 Å². The third-order valence-corrected chi connectivity index (χ3v) is 6.85. The minimum absolute atomic E-state index is 0.104. The standard InChI is InChI=1S/C25H27N3O5/c1-5-14-15-8-21(29)13(10-27(3)4)7-19(15)26-22-16(14)11-28-20(22)9-18-17(23(28)30)12-33-24(31)25(18,32)6-2/h7-9,29,32H,5-6,10-12H2,1-4H3/t25-/m0/s1. The number of benzene rings is 1. The number of hydrogen-bond acceptors (Lipinski definition) is 7. The van der Waals surface area contributed by atoms with Crippen molar-refractivity contribution in [2.75, 3.05) is 14.1 Å². The van der Waals surface area contributed by atoms with E-state index in [1.807, 2.05) is 32.0 Å². The molecule has 0 fully saturated rings. The summed E-state index contributed by atoms with van der Waals surface area (Å²) in [4.78, 5) is 32.7. The molecule has 0 amide bonds. The quantitative estimate of drug-likeness (QED) is 0.461. The molecular weight excluding hydrogens is 422 g/mol. The first-order valence-electron chi connectivity index (χ1n) is 11.2. The van der Waals surface area contributed by atoms with E-state index in [9.17, 15) is 19.8 Å². The lowest BCUT2D eigenvalue weighted by Crippen LogP contribution is -2.44. The third-order valence-electron chi connectivity index (χ3n) is 6.85. The summed E-state index contributed by atoms with van der Waals surface area (Å²) in [5, 5.41) is 22.5. The number of hydrogen-bond donors (Lipinski definition) is 2. The van der Waals surface area contributed by atoms with Crippen LogP contribution in [0, 0.1) is 0 Å². The van der Waals surface area contributed by atoms with Crippen molar-refractivity contribution in [3.63, 3.8) is 0 Å². The van der Waals surface area contributed by atoms with Crippen molar-refractivity contribution >= 4 is 16.9 Å². The molecule has 172 valence electrons. The van der Waals surface area contributed by atoms with Crippen LogP contribution in [0.1, 0.15) is 48.1 Å². The van der Waals surface area contributed by atoms with Crippen LogP contribution in [0.25, 0.3) is 22.3 Å². The Balaban J connectivity index is 1.79. The molecule has 2 aliphatic rings. The minimum Gasteiger partial charge on any atom is -0.508 e. The van der Waals surface area contributed by atoms with E-state index in [4.69, 9.17) is 9.72 Å². The first-order chi connectivity index (χ1) is 15.7. The number of fused-ring (bicyclic) bond motifs is 5. The summed E-state index contributed by atoms with van der Waals surface area (Å²) in [6.07, 6.45) is 0.809. The van der Waals surface area contributed by atoms with Gasteiger partial charge in [-0.2, -0.15) is 0 Å². The maximum atomic E-state index is 13.4. The summed E-state index contributed by atoms with van der Waals surface area (Å²) >= 11 is 0. The Morgan fingerprint density at radius 2 is 1.94 bits per heavy atom. The molecule has 1 atom stereocenters. The van der Waals surface area contributed by atoms with E-state index >= 15 is 0 Å². The molecule has 8 nitrogen and oxygen atoms in total. The molecule has 2 N–H and O–H groups in total. The predicted octanol–water partition coefficient (Wildman–Crippen LogP) is 2.41. The molecule has 2 aromatic heterocycles. The van der Waals surface area contributed by atoms with E-state index in [1.165, 1.54) is 0 Å². The number of carbonyl (C=O) groups is 1. The maximum Gasteiger partial charge on any atom is 0.343 e. The van der Waals surface area contributed by atoms with Gasteiger partial charge in [0.25, 0.3) is 5.56 Å². The van der Waals surface area contributed by atoms with Gasteiger partial charge in [0.15, 0.2) is 5.60 Å². The van der Waals surface area contributed by atoms with E-state index in [1.54, 1.807) is 23.6 Å². The summed E-state index contributed by atoms with van der Waals surface area (Å²) in [5.41, 5.74) is 3.23. The molecule has 5 rings (SSSR count). The normalized spacial score (nSPS) is 18.9. The van der Waals surface area contributed by atoms with Gasteiger partial charge in [0.2, 0.25) is 0 Å². The molecule has 8 heteroatoms. The van der Waals surface area contributed by atoms with Crippen molar-refractivity contribution in [1.29, 1.82) is 0 Å². The molecule has 0 bridgehead atoms. The highest BCUT2D eigenvalue weighted by Crippen LogP contribution is 2.41. The van der Waals surface area contributed by atoms with Crippen LogP contribution in [-0.2, 0) is 41.2 Å². The van der Waals surface area contributed by atoms with Gasteiger partial charge in [-0.05, 0) is 50.7 Å². The molecule has 3 aromatic rings. The van der Waals surface area contributed by atoms with Crippen molar-refractivity contribution in [2.45, 2.75) is 52.0 Å². The highest BCUT2D eigenvalue weighted by molar-refractivity contribution is 5.90. The lowest BCUT2D eigenvalue weighted by atomic mass is 9.86. The Morgan fingerprint density at radius 1 is 1.18 bits per heavy atom. The van der Waals surface area contributed by atoms with Crippen LogP contribution in [0.4, 0.5) is 0 Å². The Kier molecular flexibility index (Phi) is 4.84. The van der Waals surface area contributed by atoms with Crippen LogP contribution in [0.5, 0.6) is 5.75 Å². The first-order valence-corrected chi connectivity index (χ1v) is 11.2. The number of aryl methyl sites for hydroxylation is 1. The highest BCUT2D eigenvalue weighted by Gasteiger charge is 2.45. The van der Waals surface area contributed by atoms with Gasteiger partial charge in [-0.3, -0.25) is 4.79 Å². The molecule has 0 unspecified atom stereocenters. The van der Waals surface area contributed by atoms with Gasteiger partial charge < -0.3 is 24.4 Å². The lowest BCUT2D eigenvalue weighted by molar-refractivity contribution is -0.172. The Labute approximate surface area is 191 Å². The number of aromatic hydroxyl groups is 1. The molecule has 0 spiro atoms. The van der Waals surface area contributed by atoms with Crippen LogP contribution in [0.2, 0.25) is 0 Å². The Hall–Kier alpha value is -3.23. The highest BCUT2D eigenvalue weighted by atomic mass is 16.6. The minimum atomic E-state index is -1.85. The second kappa shape index (κ2) is 7.40. The second-order valence-electron chi connectivity index (χ2n) is 9.11. The Bertz CT molecular complexity index is 1390. The fourth-order valence-electron chi connectivity index (χ4n) is 5.11. The number of cyclic esters (lactones) is 1. The molecule has 1 aromatic carbocycles. The van der Waals surface area contributed by atoms with Gasteiger partial charge >= 0.3 is 5.97 Å². The van der Waals surface area contributed by atoms with Crippen molar-refractivity contribution in [3.8, 4) is 17.1 Å². The van der Waals surface area contributed by atoms with Gasteiger partial charge in [0.05, 0.1) is 29.0 Å². The summed E-state index contributed by atoms with van der Waals surface area (Å²) in [7, 11) is 3.87. The zero-order chi connectivity index (χ0) is 23.7. The molecule has 33 heavy (non-hydrogen) atoms. The number of aromatic nitrogens is 2. The number of rotatable bonds is 4. The molecular formula is C25H27N3O5. The van der Waals surface area contributed by atoms with Crippen LogP contribution >= 0.6 is 0 Å². The second-order valence-corrected chi connectivity index (χ2v) is 9.11. The van der Waals surface area contributed by atoms with E-state index in [-0.39, 0.29) is 24.3 Å². The monoisotopic (exact) mass is 449 g/mol. The van der Waals surface area contributed by atoms with Crippen LogP contribution in [0.15, 0.2) is 23.0 Å². The van der Waals surface area contributed by atoms with Gasteiger partial charge in [-0.15, -0.1) is 0 Å². The smallest absolute Gasteiger partial charge is 0.343 e. The van der Waals surface area contributed by atoms with E-state index in [0.717, 1.165) is 27.6 Å². The molecule has 4 heterocycles. The summed E-state index contributed by atoms with van der Waals surface area (Å²) in [6.45, 7) is 4.50. The van der Waals surface area contributed by atoms with Crippen molar-refractivity contribution in [2.24, 2.45) is 0 Å². The Morgan fingerprint density at radius 3 is 2.61 bits per heavy atom. The number of phenols is 1. The predicted molar refractivity (Wildman–Crippen MR) is 123 cm³/mol. The molecule has 0 aliphatic carbocycles. The van der Waals surface area contributed by atoms with E-state index < -0.39 is 11.6 Å². The SMILES string of the molecule is CCc1c2c(nc3cc(CN(C)C)c(O)cc13)-c1cc3c(c(=O)n1C2)COC(=O)[C@]3(O)CC. The average molecular weight is 450 g/mol. The number of nitrogens with zero attached hydrogens (tertiary/aromatic N) is 3. The topological polar surface area (TPSA) is 105 Å². The number of esters is 1. The van der Waals surface area contributed by atoms with Gasteiger partial charge in [-0.1, -0.05) is 13.8 Å². The number of phenolic OH excluding ortho intramolecular Hbond substituents is 1. The van der Waals surface area contributed by atoms with Gasteiger partial charge in [0, 0.05) is 28.6 Å². The van der Waals surface area contributed by atoms with Gasteiger partial charge in [-0.25, -0.2) is 9.78 Å².